The highest BCUT2D eigenvalue weighted by Gasteiger charge is 2.39. The fraction of sp³-hybridized carbons (Fsp3) is 0.207. The number of nitriles is 1. The zero-order valence-electron chi connectivity index (χ0n) is 20.4. The lowest BCUT2D eigenvalue weighted by molar-refractivity contribution is -0.138. The molecule has 10 heteroatoms. The number of hydrazine groups is 1. The largest absolute Gasteiger partial charge is 0.478 e. The highest BCUT2D eigenvalue weighted by molar-refractivity contribution is 6.00. The van der Waals surface area contributed by atoms with Crippen LogP contribution < -0.4 is 10.9 Å². The van der Waals surface area contributed by atoms with Crippen molar-refractivity contribution in [3.63, 3.8) is 0 Å². The first-order chi connectivity index (χ1) is 18.7. The molecule has 1 aliphatic carbocycles. The first-order valence-electron chi connectivity index (χ1n) is 12.2. The number of anilines is 1. The van der Waals surface area contributed by atoms with Crippen LogP contribution in [0, 0.1) is 23.1 Å². The van der Waals surface area contributed by atoms with E-state index in [9.17, 15) is 27.6 Å². The molecule has 0 amide bonds. The van der Waals surface area contributed by atoms with Crippen molar-refractivity contribution in [1.82, 2.24) is 10.4 Å². The lowest BCUT2D eigenvalue weighted by atomic mass is 9.73. The van der Waals surface area contributed by atoms with Gasteiger partial charge >= 0.3 is 12.1 Å². The number of hydrogen-bond donors (Lipinski definition) is 3. The van der Waals surface area contributed by atoms with Crippen molar-refractivity contribution in [3.8, 4) is 6.07 Å². The van der Waals surface area contributed by atoms with Gasteiger partial charge in [-0.1, -0.05) is 36.8 Å². The Morgan fingerprint density at radius 3 is 2.44 bits per heavy atom. The maximum absolute atomic E-state index is 14.2. The first kappa shape index (κ1) is 26.1. The number of rotatable bonds is 6. The number of alkyl halides is 3. The van der Waals surface area contributed by atoms with Gasteiger partial charge in [-0.25, -0.2) is 14.6 Å². The van der Waals surface area contributed by atoms with E-state index < -0.39 is 29.6 Å². The highest BCUT2D eigenvalue weighted by Crippen LogP contribution is 2.48. The Balaban J connectivity index is 1.79. The fourth-order valence-electron chi connectivity index (χ4n) is 4.89. The summed E-state index contributed by atoms with van der Waals surface area (Å²) in [7, 11) is 0. The van der Waals surface area contributed by atoms with Crippen molar-refractivity contribution in [3.05, 3.63) is 100 Å². The molecule has 1 aromatic heterocycles. The number of pyridine rings is 1. The zero-order chi connectivity index (χ0) is 27.7. The molecule has 1 fully saturated rings. The molecule has 6 nitrogen and oxygen atoms in total. The van der Waals surface area contributed by atoms with Crippen LogP contribution in [0.15, 0.2) is 60.8 Å². The molecule has 3 N–H and O–H groups in total. The van der Waals surface area contributed by atoms with E-state index >= 15 is 0 Å². The molecule has 198 valence electrons. The van der Waals surface area contributed by atoms with Crippen molar-refractivity contribution >= 4 is 28.9 Å². The number of benzene rings is 2. The normalized spacial score (nSPS) is 17.7. The lowest BCUT2D eigenvalue weighted by Gasteiger charge is -2.32. The standard InChI is InChI=1S/C29H22F4N4O2/c30-20-13-22(29(31,32)33)28(35-15-20)27(17-2-1-3-17)26(18-7-4-16(5-8-18)6-11-25(38)39)19-9-10-23-21(12-19)24(14-34)37-36-23/h4-13,15,17,24,36-37H,1-3H2,(H,38,39)/b11-6+,27-26+. The summed E-state index contributed by atoms with van der Waals surface area (Å²) in [4.78, 5) is 14.9. The maximum Gasteiger partial charge on any atom is 0.418 e. The molecule has 2 heterocycles. The molecule has 0 saturated heterocycles. The molecule has 2 aromatic carbocycles. The summed E-state index contributed by atoms with van der Waals surface area (Å²) in [5.41, 5.74) is 8.24. The molecular formula is C29H22F4N4O2. The Morgan fingerprint density at radius 1 is 1.10 bits per heavy atom. The van der Waals surface area contributed by atoms with Gasteiger partial charge in [-0.2, -0.15) is 18.4 Å². The van der Waals surface area contributed by atoms with E-state index in [1.165, 1.54) is 6.08 Å². The van der Waals surface area contributed by atoms with E-state index in [4.69, 9.17) is 5.11 Å². The minimum atomic E-state index is -4.84. The first-order valence-corrected chi connectivity index (χ1v) is 12.2. The summed E-state index contributed by atoms with van der Waals surface area (Å²) in [6.07, 6.45) is 0.475. The number of carboxylic acids is 1. The summed E-state index contributed by atoms with van der Waals surface area (Å²) in [6, 6.07) is 14.0. The second-order valence-corrected chi connectivity index (χ2v) is 9.39. The van der Waals surface area contributed by atoms with Crippen molar-refractivity contribution in [2.75, 3.05) is 5.43 Å². The summed E-state index contributed by atoms with van der Waals surface area (Å²) < 4.78 is 56.6. The third-order valence-electron chi connectivity index (χ3n) is 6.95. The summed E-state index contributed by atoms with van der Waals surface area (Å²) in [5.74, 6) is -2.44. The molecule has 5 rings (SSSR count). The molecule has 1 atom stereocenters. The molecule has 1 unspecified atom stereocenters. The van der Waals surface area contributed by atoms with E-state index in [0.29, 0.717) is 58.0 Å². The van der Waals surface area contributed by atoms with Crippen molar-refractivity contribution < 1.29 is 27.5 Å². The molecule has 0 spiro atoms. The lowest BCUT2D eigenvalue weighted by Crippen LogP contribution is -2.20. The van der Waals surface area contributed by atoms with Crippen molar-refractivity contribution in [2.24, 2.45) is 5.92 Å². The predicted octanol–water partition coefficient (Wildman–Crippen LogP) is 6.59. The molecule has 2 aliphatic rings. The fourth-order valence-corrected chi connectivity index (χ4v) is 4.89. The summed E-state index contributed by atoms with van der Waals surface area (Å²) in [5, 5.41) is 18.5. The van der Waals surface area contributed by atoms with Crippen LogP contribution in [0.5, 0.6) is 0 Å². The van der Waals surface area contributed by atoms with Gasteiger partial charge < -0.3 is 10.5 Å². The van der Waals surface area contributed by atoms with E-state index in [0.717, 1.165) is 18.7 Å². The van der Waals surface area contributed by atoms with Crippen LogP contribution in [0.1, 0.15) is 58.8 Å². The molecule has 1 aliphatic heterocycles. The third kappa shape index (κ3) is 5.26. The average Bonchev–Trinajstić information content (AvgIpc) is 3.29. The van der Waals surface area contributed by atoms with Crippen molar-refractivity contribution in [2.45, 2.75) is 31.5 Å². The number of aliphatic carboxylic acids is 1. The van der Waals surface area contributed by atoms with Gasteiger partial charge in [-0.15, -0.1) is 0 Å². The number of nitrogens with one attached hydrogen (secondary N) is 2. The maximum atomic E-state index is 14.2. The number of aromatic nitrogens is 1. The molecule has 3 aromatic rings. The number of carboxylic acid groups (broad SMARTS) is 1. The Kier molecular flexibility index (Phi) is 6.93. The quantitative estimate of drug-likeness (QED) is 0.244. The third-order valence-corrected chi connectivity index (χ3v) is 6.95. The summed E-state index contributed by atoms with van der Waals surface area (Å²) >= 11 is 0. The van der Waals surface area contributed by atoms with Crippen molar-refractivity contribution in [1.29, 1.82) is 5.26 Å². The Bertz CT molecular complexity index is 1530. The molecule has 1 saturated carbocycles. The smallest absolute Gasteiger partial charge is 0.418 e. The van der Waals surface area contributed by atoms with Crippen LogP contribution in [0.3, 0.4) is 0 Å². The SMILES string of the molecule is N#CC1NNc2ccc(/C(=C(/c3ncc(F)cc3C(F)(F)F)C3CCC3)c3ccc(/C=C/C(=O)O)cc3)cc21. The van der Waals surface area contributed by atoms with Gasteiger partial charge in [0, 0.05) is 11.6 Å². The minimum absolute atomic E-state index is 0.248. The van der Waals surface area contributed by atoms with Crippen LogP contribution in [0.2, 0.25) is 0 Å². The van der Waals surface area contributed by atoms with Crippen LogP contribution in [0.25, 0.3) is 17.2 Å². The van der Waals surface area contributed by atoms with E-state index in [1.54, 1.807) is 42.5 Å². The number of carbonyl (C=O) groups is 1. The second kappa shape index (κ2) is 10.3. The monoisotopic (exact) mass is 534 g/mol. The number of hydrogen-bond acceptors (Lipinski definition) is 5. The average molecular weight is 535 g/mol. The molecule has 0 radical (unpaired) electrons. The minimum Gasteiger partial charge on any atom is -0.478 e. The van der Waals surface area contributed by atoms with Crippen LogP contribution >= 0.6 is 0 Å². The van der Waals surface area contributed by atoms with E-state index in [-0.39, 0.29) is 11.6 Å². The van der Waals surface area contributed by atoms with Crippen LogP contribution in [-0.4, -0.2) is 16.1 Å². The number of fused-ring (bicyclic) bond motifs is 1. The Labute approximate surface area is 221 Å². The van der Waals surface area contributed by atoms with Gasteiger partial charge in [-0.05, 0) is 70.9 Å². The number of allylic oxidation sites excluding steroid dienone is 1. The van der Waals surface area contributed by atoms with E-state index in [1.807, 2.05) is 0 Å². The second-order valence-electron chi connectivity index (χ2n) is 9.39. The van der Waals surface area contributed by atoms with Gasteiger partial charge in [0.1, 0.15) is 11.9 Å². The van der Waals surface area contributed by atoms with Gasteiger partial charge in [0.05, 0.1) is 29.2 Å². The number of nitrogens with zero attached hydrogens (tertiary/aromatic N) is 2. The van der Waals surface area contributed by atoms with Crippen LogP contribution in [-0.2, 0) is 11.0 Å². The van der Waals surface area contributed by atoms with E-state index in [2.05, 4.69) is 21.9 Å². The number of halogens is 4. The molecular weight excluding hydrogens is 512 g/mol. The Hall–Kier alpha value is -4.49. The van der Waals surface area contributed by atoms with Gasteiger partial charge in [0.15, 0.2) is 0 Å². The molecule has 39 heavy (non-hydrogen) atoms. The van der Waals surface area contributed by atoms with Gasteiger partial charge in [-0.3, -0.25) is 4.98 Å². The topological polar surface area (TPSA) is 98.0 Å². The summed E-state index contributed by atoms with van der Waals surface area (Å²) in [6.45, 7) is 0. The van der Waals surface area contributed by atoms with Crippen LogP contribution in [0.4, 0.5) is 23.2 Å². The zero-order valence-corrected chi connectivity index (χ0v) is 20.4. The highest BCUT2D eigenvalue weighted by atomic mass is 19.4. The molecule has 0 bridgehead atoms. The predicted molar refractivity (Wildman–Crippen MR) is 137 cm³/mol. The van der Waals surface area contributed by atoms with Gasteiger partial charge in [0.2, 0.25) is 0 Å². The Morgan fingerprint density at radius 2 is 1.82 bits per heavy atom. The van der Waals surface area contributed by atoms with Gasteiger partial charge in [0.25, 0.3) is 0 Å².